The molecule has 0 aliphatic heterocycles. The van der Waals surface area contributed by atoms with Gasteiger partial charge in [-0.15, -0.1) is 0 Å². The van der Waals surface area contributed by atoms with E-state index in [0.717, 1.165) is 0 Å². The summed E-state index contributed by atoms with van der Waals surface area (Å²) < 4.78 is 1.62. The second-order valence-corrected chi connectivity index (χ2v) is 4.52. The Morgan fingerprint density at radius 3 is 2.94 bits per heavy atom. The van der Waals surface area contributed by atoms with Gasteiger partial charge in [-0.3, -0.25) is 9.78 Å². The van der Waals surface area contributed by atoms with Crippen molar-refractivity contribution in [3.63, 3.8) is 0 Å². The molecule has 96 valence electrons. The minimum Gasteiger partial charge on any atom is -0.348 e. The molecule has 0 aliphatic rings. The SMILES string of the molecule is CC(C)C(CN)NC(=O)c1cnn2ccncc12. The van der Waals surface area contributed by atoms with E-state index in [1.165, 1.54) is 0 Å². The van der Waals surface area contributed by atoms with Crippen LogP contribution in [-0.2, 0) is 0 Å². The van der Waals surface area contributed by atoms with E-state index in [-0.39, 0.29) is 11.9 Å². The molecular weight excluding hydrogens is 230 g/mol. The summed E-state index contributed by atoms with van der Waals surface area (Å²) in [4.78, 5) is 16.1. The highest BCUT2D eigenvalue weighted by molar-refractivity contribution is 6.00. The molecule has 3 N–H and O–H groups in total. The molecule has 6 nitrogen and oxygen atoms in total. The number of hydrogen-bond donors (Lipinski definition) is 2. The van der Waals surface area contributed by atoms with Crippen LogP contribution in [0.15, 0.2) is 24.8 Å². The molecule has 1 unspecified atom stereocenters. The number of nitrogens with zero attached hydrogens (tertiary/aromatic N) is 3. The van der Waals surface area contributed by atoms with Crippen molar-refractivity contribution in [2.24, 2.45) is 11.7 Å². The molecule has 2 aromatic rings. The summed E-state index contributed by atoms with van der Waals surface area (Å²) in [5.74, 6) is 0.126. The topological polar surface area (TPSA) is 85.3 Å². The van der Waals surface area contributed by atoms with Crippen molar-refractivity contribution in [2.75, 3.05) is 6.54 Å². The predicted molar refractivity (Wildman–Crippen MR) is 68.1 cm³/mol. The Balaban J connectivity index is 2.23. The van der Waals surface area contributed by atoms with Gasteiger partial charge in [-0.25, -0.2) is 4.52 Å². The third-order valence-electron chi connectivity index (χ3n) is 2.94. The number of hydrogen-bond acceptors (Lipinski definition) is 4. The Bertz CT molecular complexity index is 548. The smallest absolute Gasteiger partial charge is 0.255 e. The van der Waals surface area contributed by atoms with Crippen LogP contribution in [0.5, 0.6) is 0 Å². The van der Waals surface area contributed by atoms with Gasteiger partial charge in [0.25, 0.3) is 5.91 Å². The lowest BCUT2D eigenvalue weighted by Crippen LogP contribution is -2.43. The van der Waals surface area contributed by atoms with Gasteiger partial charge in [0, 0.05) is 25.0 Å². The average molecular weight is 247 g/mol. The minimum atomic E-state index is -0.165. The van der Waals surface area contributed by atoms with Gasteiger partial charge in [0.15, 0.2) is 0 Å². The molecule has 0 aliphatic carbocycles. The third kappa shape index (κ3) is 2.33. The first kappa shape index (κ1) is 12.5. The van der Waals surface area contributed by atoms with Crippen LogP contribution in [0.1, 0.15) is 24.2 Å². The quantitative estimate of drug-likeness (QED) is 0.821. The lowest BCUT2D eigenvalue weighted by molar-refractivity contribution is 0.0929. The van der Waals surface area contributed by atoms with E-state index in [4.69, 9.17) is 5.73 Å². The van der Waals surface area contributed by atoms with E-state index >= 15 is 0 Å². The Hall–Kier alpha value is -1.95. The van der Waals surface area contributed by atoms with Gasteiger partial charge in [-0.05, 0) is 5.92 Å². The number of rotatable bonds is 4. The molecule has 6 heteroatoms. The molecule has 2 rings (SSSR count). The lowest BCUT2D eigenvalue weighted by atomic mass is 10.0. The number of carbonyl (C=O) groups is 1. The van der Waals surface area contributed by atoms with Gasteiger partial charge in [-0.2, -0.15) is 5.10 Å². The zero-order valence-electron chi connectivity index (χ0n) is 10.5. The number of amides is 1. The van der Waals surface area contributed by atoms with Crippen molar-refractivity contribution in [3.05, 3.63) is 30.4 Å². The Kier molecular flexibility index (Phi) is 3.57. The van der Waals surface area contributed by atoms with Gasteiger partial charge < -0.3 is 11.1 Å². The molecule has 0 radical (unpaired) electrons. The summed E-state index contributed by atoms with van der Waals surface area (Å²) >= 11 is 0. The third-order valence-corrected chi connectivity index (χ3v) is 2.94. The number of carbonyl (C=O) groups excluding carboxylic acids is 1. The van der Waals surface area contributed by atoms with Crippen molar-refractivity contribution in [1.29, 1.82) is 0 Å². The van der Waals surface area contributed by atoms with Crippen LogP contribution in [0.3, 0.4) is 0 Å². The Morgan fingerprint density at radius 2 is 2.28 bits per heavy atom. The predicted octanol–water partition coefficient (Wildman–Crippen LogP) is 0.442. The van der Waals surface area contributed by atoms with Crippen molar-refractivity contribution in [3.8, 4) is 0 Å². The fraction of sp³-hybridized carbons (Fsp3) is 0.417. The number of nitrogens with two attached hydrogens (primary N) is 1. The maximum Gasteiger partial charge on any atom is 0.255 e. The summed E-state index contributed by atoms with van der Waals surface area (Å²) in [5.41, 5.74) is 6.85. The zero-order valence-corrected chi connectivity index (χ0v) is 10.5. The van der Waals surface area contributed by atoms with E-state index in [1.807, 2.05) is 13.8 Å². The van der Waals surface area contributed by atoms with Crippen LogP contribution in [-0.4, -0.2) is 33.1 Å². The van der Waals surface area contributed by atoms with E-state index < -0.39 is 0 Å². The van der Waals surface area contributed by atoms with Gasteiger partial charge in [0.1, 0.15) is 0 Å². The monoisotopic (exact) mass is 247 g/mol. The number of nitrogens with one attached hydrogen (secondary N) is 1. The highest BCUT2D eigenvalue weighted by Crippen LogP contribution is 2.09. The number of aromatic nitrogens is 3. The van der Waals surface area contributed by atoms with Crippen LogP contribution in [0.4, 0.5) is 0 Å². The maximum atomic E-state index is 12.1. The summed E-state index contributed by atoms with van der Waals surface area (Å²) in [5, 5.41) is 7.02. The van der Waals surface area contributed by atoms with Crippen molar-refractivity contribution >= 4 is 11.4 Å². The zero-order chi connectivity index (χ0) is 13.1. The molecule has 0 aromatic carbocycles. The molecule has 0 fully saturated rings. The maximum absolute atomic E-state index is 12.1. The van der Waals surface area contributed by atoms with Gasteiger partial charge in [-0.1, -0.05) is 13.8 Å². The molecule has 0 spiro atoms. The van der Waals surface area contributed by atoms with Crippen molar-refractivity contribution in [2.45, 2.75) is 19.9 Å². The highest BCUT2D eigenvalue weighted by atomic mass is 16.1. The van der Waals surface area contributed by atoms with E-state index in [2.05, 4.69) is 15.4 Å². The molecule has 1 atom stereocenters. The van der Waals surface area contributed by atoms with E-state index in [1.54, 1.807) is 29.3 Å². The molecular formula is C12H17N5O. The van der Waals surface area contributed by atoms with Gasteiger partial charge in [0.2, 0.25) is 0 Å². The molecule has 0 saturated heterocycles. The minimum absolute atomic E-state index is 0.0379. The molecule has 0 saturated carbocycles. The molecule has 0 bridgehead atoms. The van der Waals surface area contributed by atoms with Gasteiger partial charge >= 0.3 is 0 Å². The summed E-state index contributed by atoms with van der Waals surface area (Å²) in [6.45, 7) is 4.46. The standard InChI is InChI=1S/C12H17N5O/c1-8(2)10(5-13)16-12(18)9-6-15-17-4-3-14-7-11(9)17/h3-4,6-8,10H,5,13H2,1-2H3,(H,16,18). The molecule has 18 heavy (non-hydrogen) atoms. The van der Waals surface area contributed by atoms with Crippen molar-refractivity contribution < 1.29 is 4.79 Å². The van der Waals surface area contributed by atoms with Crippen LogP contribution in [0, 0.1) is 5.92 Å². The van der Waals surface area contributed by atoms with E-state index in [9.17, 15) is 4.79 Å². The molecule has 2 heterocycles. The fourth-order valence-electron chi connectivity index (χ4n) is 1.75. The Labute approximate surface area is 105 Å². The van der Waals surface area contributed by atoms with Gasteiger partial charge in [0.05, 0.1) is 23.5 Å². The van der Waals surface area contributed by atoms with Crippen LogP contribution in [0.2, 0.25) is 0 Å². The molecule has 1 amide bonds. The second kappa shape index (κ2) is 5.14. The summed E-state index contributed by atoms with van der Waals surface area (Å²) in [7, 11) is 0. The second-order valence-electron chi connectivity index (χ2n) is 4.52. The Morgan fingerprint density at radius 1 is 1.50 bits per heavy atom. The van der Waals surface area contributed by atoms with Crippen LogP contribution < -0.4 is 11.1 Å². The van der Waals surface area contributed by atoms with Crippen molar-refractivity contribution in [1.82, 2.24) is 19.9 Å². The highest BCUT2D eigenvalue weighted by Gasteiger charge is 2.18. The van der Waals surface area contributed by atoms with E-state index in [0.29, 0.717) is 23.5 Å². The average Bonchev–Trinajstić information content (AvgIpc) is 2.79. The summed E-state index contributed by atoms with van der Waals surface area (Å²) in [6, 6.07) is -0.0379. The normalized spacial score (nSPS) is 12.9. The number of fused-ring (bicyclic) bond motifs is 1. The first-order valence-corrected chi connectivity index (χ1v) is 5.91. The first-order chi connectivity index (χ1) is 8.63. The fourth-order valence-corrected chi connectivity index (χ4v) is 1.75. The largest absolute Gasteiger partial charge is 0.348 e. The first-order valence-electron chi connectivity index (χ1n) is 5.91. The van der Waals surface area contributed by atoms with Crippen LogP contribution >= 0.6 is 0 Å². The lowest BCUT2D eigenvalue weighted by Gasteiger charge is -2.20. The molecule has 2 aromatic heterocycles. The summed E-state index contributed by atoms with van der Waals surface area (Å²) in [6.07, 6.45) is 6.49. The van der Waals surface area contributed by atoms with Crippen LogP contribution in [0.25, 0.3) is 5.52 Å².